The van der Waals surface area contributed by atoms with Gasteiger partial charge in [-0.15, -0.1) is 11.3 Å². The van der Waals surface area contributed by atoms with Crippen molar-refractivity contribution < 1.29 is 19.5 Å². The molecule has 4 rings (SSSR count). The van der Waals surface area contributed by atoms with Crippen LogP contribution in [0.15, 0.2) is 12.2 Å². The summed E-state index contributed by atoms with van der Waals surface area (Å²) in [6.07, 6.45) is 9.24. The summed E-state index contributed by atoms with van der Waals surface area (Å²) in [6, 6.07) is 0.234. The number of carbonyl (C=O) groups excluding carboxylic acids is 2. The van der Waals surface area contributed by atoms with Crippen LogP contribution >= 0.6 is 11.3 Å². The fraction of sp³-hybridized carbons (Fsp3) is 0.625. The van der Waals surface area contributed by atoms with Gasteiger partial charge in [-0.1, -0.05) is 32.9 Å². The van der Waals surface area contributed by atoms with Crippen molar-refractivity contribution >= 4 is 34.1 Å². The van der Waals surface area contributed by atoms with E-state index in [2.05, 4.69) is 31.4 Å². The van der Waals surface area contributed by atoms with Crippen molar-refractivity contribution in [1.82, 2.24) is 5.32 Å². The third-order valence-corrected chi connectivity index (χ3v) is 8.12. The van der Waals surface area contributed by atoms with Crippen molar-refractivity contribution in [3.05, 3.63) is 28.2 Å². The molecule has 0 aliphatic heterocycles. The van der Waals surface area contributed by atoms with E-state index >= 15 is 0 Å². The van der Waals surface area contributed by atoms with Crippen LogP contribution < -0.4 is 10.6 Å². The van der Waals surface area contributed by atoms with Crippen LogP contribution in [-0.2, 0) is 22.4 Å². The number of thiophene rings is 1. The standard InChI is InChI=1S/C24H32N2O4S/c1-24(2,3)13-8-11-17-18(12-13)31-22(19(17)21(28)25-14-9-10-14)26-20(27)15-6-4-5-7-16(15)23(29)30/h4-5,13-16H,6-12H2,1-3H3,(H,25,28)(H,26,27)(H,29,30). The molecule has 0 saturated heterocycles. The second-order valence-corrected chi connectivity index (χ2v) is 11.3. The van der Waals surface area contributed by atoms with Gasteiger partial charge in [0.2, 0.25) is 5.91 Å². The van der Waals surface area contributed by atoms with Crippen LogP contribution in [0.25, 0.3) is 0 Å². The minimum Gasteiger partial charge on any atom is -0.481 e. The highest BCUT2D eigenvalue weighted by Crippen LogP contribution is 2.44. The third-order valence-electron chi connectivity index (χ3n) is 6.95. The maximum Gasteiger partial charge on any atom is 0.307 e. The number of carboxylic acids is 1. The smallest absolute Gasteiger partial charge is 0.307 e. The topological polar surface area (TPSA) is 95.5 Å². The lowest BCUT2D eigenvalue weighted by atomic mass is 9.72. The van der Waals surface area contributed by atoms with Crippen molar-refractivity contribution in [1.29, 1.82) is 0 Å². The number of aliphatic carboxylic acids is 1. The van der Waals surface area contributed by atoms with E-state index in [1.165, 1.54) is 16.2 Å². The zero-order chi connectivity index (χ0) is 22.3. The van der Waals surface area contributed by atoms with Gasteiger partial charge in [-0.25, -0.2) is 0 Å². The second-order valence-electron chi connectivity index (χ2n) is 10.2. The average molecular weight is 445 g/mol. The summed E-state index contributed by atoms with van der Waals surface area (Å²) in [6.45, 7) is 6.76. The summed E-state index contributed by atoms with van der Waals surface area (Å²) < 4.78 is 0. The zero-order valence-electron chi connectivity index (χ0n) is 18.5. The molecule has 0 spiro atoms. The Hall–Kier alpha value is -2.15. The predicted octanol–water partition coefficient (Wildman–Crippen LogP) is 4.40. The van der Waals surface area contributed by atoms with Crippen LogP contribution in [-0.4, -0.2) is 28.9 Å². The minimum absolute atomic E-state index is 0.108. The highest BCUT2D eigenvalue weighted by molar-refractivity contribution is 7.17. The van der Waals surface area contributed by atoms with Gasteiger partial charge in [0.15, 0.2) is 0 Å². The molecule has 2 amide bonds. The highest BCUT2D eigenvalue weighted by atomic mass is 32.1. The molecule has 1 saturated carbocycles. The van der Waals surface area contributed by atoms with E-state index < -0.39 is 17.8 Å². The van der Waals surface area contributed by atoms with Gasteiger partial charge in [-0.3, -0.25) is 14.4 Å². The van der Waals surface area contributed by atoms with Crippen molar-refractivity contribution in [2.45, 2.75) is 71.8 Å². The van der Waals surface area contributed by atoms with Gasteiger partial charge in [0.05, 0.1) is 17.4 Å². The monoisotopic (exact) mass is 444 g/mol. The van der Waals surface area contributed by atoms with E-state index in [0.717, 1.165) is 37.7 Å². The number of amides is 2. The van der Waals surface area contributed by atoms with Crippen LogP contribution in [0.3, 0.4) is 0 Å². The molecule has 1 aromatic heterocycles. The summed E-state index contributed by atoms with van der Waals surface area (Å²) in [5.41, 5.74) is 1.85. The van der Waals surface area contributed by atoms with Crippen LogP contribution in [0, 0.1) is 23.2 Å². The molecule has 0 bridgehead atoms. The van der Waals surface area contributed by atoms with Gasteiger partial charge in [0, 0.05) is 10.9 Å². The molecule has 1 aromatic rings. The normalized spacial score (nSPS) is 25.6. The number of carbonyl (C=O) groups is 3. The Bertz CT molecular complexity index is 923. The summed E-state index contributed by atoms with van der Waals surface area (Å²) in [5, 5.41) is 16.2. The summed E-state index contributed by atoms with van der Waals surface area (Å²) in [4.78, 5) is 39.0. The number of fused-ring (bicyclic) bond motifs is 1. The number of carboxylic acid groups (broad SMARTS) is 1. The lowest BCUT2D eigenvalue weighted by Gasteiger charge is -2.33. The van der Waals surface area contributed by atoms with Gasteiger partial charge in [0.25, 0.3) is 5.91 Å². The maximum atomic E-state index is 13.1. The first-order valence-corrected chi connectivity index (χ1v) is 12.1. The van der Waals surface area contributed by atoms with E-state index in [1.54, 1.807) is 0 Å². The predicted molar refractivity (Wildman–Crippen MR) is 121 cm³/mol. The van der Waals surface area contributed by atoms with E-state index in [9.17, 15) is 19.5 Å². The number of anilines is 1. The Morgan fingerprint density at radius 3 is 2.35 bits per heavy atom. The summed E-state index contributed by atoms with van der Waals surface area (Å²) in [5.74, 6) is -2.18. The van der Waals surface area contributed by atoms with E-state index in [-0.39, 0.29) is 23.3 Å². The Balaban J connectivity index is 1.62. The molecule has 3 N–H and O–H groups in total. The molecule has 0 aromatic carbocycles. The molecule has 0 radical (unpaired) electrons. The number of nitrogens with one attached hydrogen (secondary N) is 2. The van der Waals surface area contributed by atoms with E-state index in [0.29, 0.717) is 29.3 Å². The molecule has 31 heavy (non-hydrogen) atoms. The number of allylic oxidation sites excluding steroid dienone is 2. The Morgan fingerprint density at radius 1 is 1.06 bits per heavy atom. The fourth-order valence-electron chi connectivity index (χ4n) is 4.72. The first-order chi connectivity index (χ1) is 14.6. The van der Waals surface area contributed by atoms with Gasteiger partial charge in [0.1, 0.15) is 5.00 Å². The van der Waals surface area contributed by atoms with Crippen LogP contribution in [0.4, 0.5) is 5.00 Å². The average Bonchev–Trinajstić information content (AvgIpc) is 3.44. The zero-order valence-corrected chi connectivity index (χ0v) is 19.3. The maximum absolute atomic E-state index is 13.1. The minimum atomic E-state index is -0.949. The molecular weight excluding hydrogens is 412 g/mol. The van der Waals surface area contributed by atoms with Crippen LogP contribution in [0.5, 0.6) is 0 Å². The van der Waals surface area contributed by atoms with Gasteiger partial charge in [-0.2, -0.15) is 0 Å². The molecular formula is C24H32N2O4S. The van der Waals surface area contributed by atoms with Gasteiger partial charge < -0.3 is 15.7 Å². The molecule has 3 aliphatic carbocycles. The first-order valence-electron chi connectivity index (χ1n) is 11.3. The lowest BCUT2D eigenvalue weighted by molar-refractivity contribution is -0.146. The SMILES string of the molecule is CC(C)(C)C1CCc2c(sc(NC(=O)C3CC=CCC3C(=O)O)c2C(=O)NC2CC2)C1. The van der Waals surface area contributed by atoms with Crippen molar-refractivity contribution in [3.63, 3.8) is 0 Å². The summed E-state index contributed by atoms with van der Waals surface area (Å²) in [7, 11) is 0. The molecule has 6 nitrogen and oxygen atoms in total. The summed E-state index contributed by atoms with van der Waals surface area (Å²) >= 11 is 1.50. The van der Waals surface area contributed by atoms with Crippen LogP contribution in [0.1, 0.15) is 73.7 Å². The molecule has 1 fully saturated rings. The molecule has 3 aliphatic rings. The molecule has 168 valence electrons. The Labute approximate surface area is 187 Å². The number of hydrogen-bond donors (Lipinski definition) is 3. The third kappa shape index (κ3) is 4.71. The van der Waals surface area contributed by atoms with Crippen LogP contribution in [0.2, 0.25) is 0 Å². The molecule has 1 heterocycles. The van der Waals surface area contributed by atoms with Crippen molar-refractivity contribution in [2.75, 3.05) is 5.32 Å². The highest BCUT2D eigenvalue weighted by Gasteiger charge is 2.38. The fourth-order valence-corrected chi connectivity index (χ4v) is 6.05. The van der Waals surface area contributed by atoms with E-state index in [1.807, 2.05) is 12.2 Å². The Kier molecular flexibility index (Phi) is 5.99. The quantitative estimate of drug-likeness (QED) is 0.587. The van der Waals surface area contributed by atoms with Gasteiger partial charge >= 0.3 is 5.97 Å². The van der Waals surface area contributed by atoms with Crippen molar-refractivity contribution in [3.8, 4) is 0 Å². The second kappa shape index (κ2) is 8.41. The molecule has 3 atom stereocenters. The molecule has 7 heteroatoms. The van der Waals surface area contributed by atoms with E-state index in [4.69, 9.17) is 0 Å². The number of rotatable bonds is 5. The first kappa shape index (κ1) is 22.1. The largest absolute Gasteiger partial charge is 0.481 e. The Morgan fingerprint density at radius 2 is 1.74 bits per heavy atom. The van der Waals surface area contributed by atoms with Gasteiger partial charge in [-0.05, 0) is 61.8 Å². The molecule has 3 unspecified atom stereocenters. The number of hydrogen-bond acceptors (Lipinski definition) is 4. The lowest BCUT2D eigenvalue weighted by Crippen LogP contribution is -2.35. The van der Waals surface area contributed by atoms with Crippen molar-refractivity contribution in [2.24, 2.45) is 23.2 Å².